The van der Waals surface area contributed by atoms with Crippen LogP contribution in [-0.4, -0.2) is 49.0 Å². The minimum absolute atomic E-state index is 0.0851. The summed E-state index contributed by atoms with van der Waals surface area (Å²) < 4.78 is 0. The maximum absolute atomic E-state index is 13.0. The number of amides is 2. The van der Waals surface area contributed by atoms with Gasteiger partial charge in [0.2, 0.25) is 5.91 Å². The van der Waals surface area contributed by atoms with Crippen LogP contribution in [0.15, 0.2) is 60.7 Å². The van der Waals surface area contributed by atoms with Gasteiger partial charge in [0.15, 0.2) is 0 Å². The van der Waals surface area contributed by atoms with Crippen LogP contribution in [0.5, 0.6) is 0 Å². The standard InChI is InChI=1S/C23H29N3O2S/c1-29-16-14-21(25-22(27)18-9-4-2-5-10-18)23(28)24-19-11-8-15-26(17-19)20-12-6-3-7-13-20/h2-7,9-10,12-13,19,21H,8,11,14-17H2,1H3,(H,24,28)(H,25,27). The number of benzene rings is 2. The van der Waals surface area contributed by atoms with E-state index in [0.717, 1.165) is 31.7 Å². The monoisotopic (exact) mass is 411 g/mol. The largest absolute Gasteiger partial charge is 0.369 e. The van der Waals surface area contributed by atoms with Gasteiger partial charge in [0.05, 0.1) is 0 Å². The number of anilines is 1. The van der Waals surface area contributed by atoms with Crippen molar-refractivity contribution >= 4 is 29.3 Å². The summed E-state index contributed by atoms with van der Waals surface area (Å²) in [6.07, 6.45) is 4.61. The van der Waals surface area contributed by atoms with Gasteiger partial charge in [-0.1, -0.05) is 36.4 Å². The normalized spacial score (nSPS) is 17.4. The molecule has 1 aliphatic heterocycles. The molecule has 2 aromatic carbocycles. The summed E-state index contributed by atoms with van der Waals surface area (Å²) in [4.78, 5) is 27.8. The first kappa shape index (κ1) is 21.2. The molecule has 0 radical (unpaired) electrons. The summed E-state index contributed by atoms with van der Waals surface area (Å²) in [7, 11) is 0. The number of piperidine rings is 1. The SMILES string of the molecule is CSCCC(NC(=O)c1ccccc1)C(=O)NC1CCCN(c2ccccc2)C1. The Balaban J connectivity index is 1.60. The van der Waals surface area contributed by atoms with Crippen LogP contribution in [0.3, 0.4) is 0 Å². The Kier molecular flexibility index (Phi) is 7.99. The quantitative estimate of drug-likeness (QED) is 0.700. The zero-order valence-electron chi connectivity index (χ0n) is 16.8. The highest BCUT2D eigenvalue weighted by molar-refractivity contribution is 7.98. The maximum Gasteiger partial charge on any atom is 0.251 e. The van der Waals surface area contributed by atoms with Crippen molar-refractivity contribution in [3.05, 3.63) is 66.2 Å². The molecule has 2 N–H and O–H groups in total. The van der Waals surface area contributed by atoms with Crippen molar-refractivity contribution < 1.29 is 9.59 Å². The third kappa shape index (κ3) is 6.26. The first-order chi connectivity index (χ1) is 14.2. The third-order valence-corrected chi connectivity index (χ3v) is 5.80. The highest BCUT2D eigenvalue weighted by Crippen LogP contribution is 2.19. The molecule has 2 amide bonds. The lowest BCUT2D eigenvalue weighted by molar-refractivity contribution is -0.123. The van der Waals surface area contributed by atoms with Crippen molar-refractivity contribution in [3.63, 3.8) is 0 Å². The Morgan fingerprint density at radius 3 is 2.48 bits per heavy atom. The van der Waals surface area contributed by atoms with Crippen molar-refractivity contribution in [3.8, 4) is 0 Å². The van der Waals surface area contributed by atoms with E-state index in [1.54, 1.807) is 23.9 Å². The zero-order valence-corrected chi connectivity index (χ0v) is 17.7. The number of rotatable bonds is 8. The van der Waals surface area contributed by atoms with Gasteiger partial charge in [0.25, 0.3) is 5.91 Å². The van der Waals surface area contributed by atoms with Gasteiger partial charge >= 0.3 is 0 Å². The van der Waals surface area contributed by atoms with E-state index >= 15 is 0 Å². The Hall–Kier alpha value is -2.47. The van der Waals surface area contributed by atoms with Gasteiger partial charge in [0.1, 0.15) is 6.04 Å². The molecule has 1 fully saturated rings. The molecule has 6 heteroatoms. The topological polar surface area (TPSA) is 61.4 Å². The Morgan fingerprint density at radius 2 is 1.79 bits per heavy atom. The van der Waals surface area contributed by atoms with Gasteiger partial charge in [0, 0.05) is 30.4 Å². The van der Waals surface area contributed by atoms with Gasteiger partial charge in [-0.05, 0) is 55.5 Å². The maximum atomic E-state index is 13.0. The summed E-state index contributed by atoms with van der Waals surface area (Å²) in [5, 5.41) is 6.10. The first-order valence-corrected chi connectivity index (χ1v) is 11.5. The lowest BCUT2D eigenvalue weighted by atomic mass is 10.0. The molecule has 2 aromatic rings. The minimum atomic E-state index is -0.526. The highest BCUT2D eigenvalue weighted by atomic mass is 32.2. The summed E-state index contributed by atoms with van der Waals surface area (Å²) in [5.41, 5.74) is 1.75. The second-order valence-electron chi connectivity index (χ2n) is 7.30. The summed E-state index contributed by atoms with van der Waals surface area (Å²) in [5.74, 6) is 0.512. The Bertz CT molecular complexity index is 785. The number of thioether (sulfide) groups is 1. The molecular formula is C23H29N3O2S. The molecular weight excluding hydrogens is 382 g/mol. The van der Waals surface area contributed by atoms with Gasteiger partial charge in [-0.15, -0.1) is 0 Å². The van der Waals surface area contributed by atoms with Crippen LogP contribution in [-0.2, 0) is 4.79 Å². The van der Waals surface area contributed by atoms with Crippen LogP contribution < -0.4 is 15.5 Å². The van der Waals surface area contributed by atoms with Crippen molar-refractivity contribution in [1.29, 1.82) is 0 Å². The number of para-hydroxylation sites is 1. The molecule has 5 nitrogen and oxygen atoms in total. The van der Waals surface area contributed by atoms with Crippen molar-refractivity contribution in [1.82, 2.24) is 10.6 Å². The molecule has 2 atom stereocenters. The Morgan fingerprint density at radius 1 is 1.10 bits per heavy atom. The second kappa shape index (κ2) is 10.9. The van der Waals surface area contributed by atoms with Crippen molar-refractivity contribution in [2.75, 3.05) is 30.0 Å². The van der Waals surface area contributed by atoms with E-state index in [4.69, 9.17) is 0 Å². The molecule has 1 heterocycles. The highest BCUT2D eigenvalue weighted by Gasteiger charge is 2.26. The van der Waals surface area contributed by atoms with Crippen molar-refractivity contribution in [2.45, 2.75) is 31.3 Å². The van der Waals surface area contributed by atoms with Gasteiger partial charge in [-0.2, -0.15) is 11.8 Å². The van der Waals surface area contributed by atoms with Gasteiger partial charge in [-0.3, -0.25) is 9.59 Å². The van der Waals surface area contributed by atoms with Crippen molar-refractivity contribution in [2.24, 2.45) is 0 Å². The van der Waals surface area contributed by atoms with E-state index in [1.807, 2.05) is 42.7 Å². The number of hydrogen-bond acceptors (Lipinski definition) is 4. The predicted molar refractivity (Wildman–Crippen MR) is 121 cm³/mol. The number of carbonyl (C=O) groups excluding carboxylic acids is 2. The lowest BCUT2D eigenvalue weighted by Crippen LogP contribution is -2.54. The zero-order chi connectivity index (χ0) is 20.5. The molecule has 2 unspecified atom stereocenters. The molecule has 1 aliphatic rings. The van der Waals surface area contributed by atoms with Crippen LogP contribution in [0, 0.1) is 0 Å². The smallest absolute Gasteiger partial charge is 0.251 e. The van der Waals surface area contributed by atoms with Crippen LogP contribution >= 0.6 is 11.8 Å². The van der Waals surface area contributed by atoms with E-state index in [-0.39, 0.29) is 17.9 Å². The molecule has 0 spiro atoms. The summed E-state index contributed by atoms with van der Waals surface area (Å²) in [6.45, 7) is 1.79. The van der Waals surface area contributed by atoms with Gasteiger partial charge < -0.3 is 15.5 Å². The van der Waals surface area contributed by atoms with Gasteiger partial charge in [-0.25, -0.2) is 0 Å². The molecule has 0 bridgehead atoms. The average Bonchev–Trinajstić information content (AvgIpc) is 2.77. The molecule has 29 heavy (non-hydrogen) atoms. The third-order valence-electron chi connectivity index (χ3n) is 5.16. The number of carbonyl (C=O) groups is 2. The van der Waals surface area contributed by atoms with Crippen LogP contribution in [0.1, 0.15) is 29.6 Å². The number of hydrogen-bond donors (Lipinski definition) is 2. The molecule has 154 valence electrons. The summed E-state index contributed by atoms with van der Waals surface area (Å²) in [6, 6.07) is 18.9. The second-order valence-corrected chi connectivity index (χ2v) is 8.29. The summed E-state index contributed by atoms with van der Waals surface area (Å²) >= 11 is 1.67. The number of nitrogens with zero attached hydrogens (tertiary/aromatic N) is 1. The molecule has 1 saturated heterocycles. The van der Waals surface area contributed by atoms with E-state index in [9.17, 15) is 9.59 Å². The fraction of sp³-hybridized carbons (Fsp3) is 0.391. The van der Waals surface area contributed by atoms with Crippen LogP contribution in [0.4, 0.5) is 5.69 Å². The van der Waals surface area contributed by atoms with E-state index in [2.05, 4.69) is 27.7 Å². The molecule has 0 saturated carbocycles. The van der Waals surface area contributed by atoms with Crippen LogP contribution in [0.25, 0.3) is 0 Å². The minimum Gasteiger partial charge on any atom is -0.369 e. The Labute approximate surface area is 177 Å². The average molecular weight is 412 g/mol. The number of nitrogens with one attached hydrogen (secondary N) is 2. The van der Waals surface area contributed by atoms with Crippen LogP contribution in [0.2, 0.25) is 0 Å². The van der Waals surface area contributed by atoms with E-state index in [1.165, 1.54) is 5.69 Å². The first-order valence-electron chi connectivity index (χ1n) is 10.1. The molecule has 3 rings (SSSR count). The molecule has 0 aromatic heterocycles. The fourth-order valence-corrected chi connectivity index (χ4v) is 4.08. The molecule has 0 aliphatic carbocycles. The predicted octanol–water partition coefficient (Wildman–Crippen LogP) is 3.32. The van der Waals surface area contributed by atoms with E-state index in [0.29, 0.717) is 12.0 Å². The fourth-order valence-electron chi connectivity index (χ4n) is 3.61. The lowest BCUT2D eigenvalue weighted by Gasteiger charge is -2.35. The van der Waals surface area contributed by atoms with E-state index < -0.39 is 6.04 Å².